The van der Waals surface area contributed by atoms with E-state index in [1.165, 1.54) is 0 Å². The first-order chi connectivity index (χ1) is 7.70. The molecule has 86 valence electrons. The summed E-state index contributed by atoms with van der Waals surface area (Å²) in [6, 6.07) is 9.05. The van der Waals surface area contributed by atoms with Gasteiger partial charge in [-0.3, -0.25) is 10.2 Å². The molecule has 16 heavy (non-hydrogen) atoms. The van der Waals surface area contributed by atoms with Crippen LogP contribution in [0.15, 0.2) is 30.3 Å². The molecule has 0 aromatic heterocycles. The monoisotopic (exact) mass is 219 g/mol. The molecule has 1 aromatic rings. The smallest absolute Gasteiger partial charge is 0.191 e. The number of rotatable bonds is 5. The van der Waals surface area contributed by atoms with E-state index in [0.717, 1.165) is 0 Å². The number of carbonyl (C=O) groups excluding carboxylic acids is 1. The van der Waals surface area contributed by atoms with Gasteiger partial charge in [0.2, 0.25) is 0 Å². The van der Waals surface area contributed by atoms with Crippen molar-refractivity contribution in [1.29, 1.82) is 5.41 Å². The number of ether oxygens (including phenoxy) is 1. The summed E-state index contributed by atoms with van der Waals surface area (Å²) in [6.45, 7) is 4.13. The van der Waals surface area contributed by atoms with Crippen molar-refractivity contribution in [2.24, 2.45) is 5.92 Å². The van der Waals surface area contributed by atoms with Crippen LogP contribution in [0.3, 0.4) is 0 Å². The molecule has 0 saturated heterocycles. The Morgan fingerprint density at radius 1 is 1.31 bits per heavy atom. The Hall–Kier alpha value is -1.64. The average Bonchev–Trinajstić information content (AvgIpc) is 2.31. The Morgan fingerprint density at radius 2 is 1.94 bits per heavy atom. The predicted octanol–water partition coefficient (Wildman–Crippen LogP) is 2.91. The molecule has 0 bridgehead atoms. The lowest BCUT2D eigenvalue weighted by molar-refractivity contribution is 0.0937. The highest BCUT2D eigenvalue weighted by molar-refractivity contribution is 6.09. The lowest BCUT2D eigenvalue weighted by Gasteiger charge is -2.14. The van der Waals surface area contributed by atoms with E-state index in [4.69, 9.17) is 10.1 Å². The standard InChI is InChI=1S/C13H17NO2/c1-3-11(13(14)16-4-2)12(15)10-8-6-5-7-9-10/h5-9,11,14H,3-4H2,1-2H3. The van der Waals surface area contributed by atoms with Crippen LogP contribution in [-0.4, -0.2) is 18.3 Å². The fraction of sp³-hybridized carbons (Fsp3) is 0.385. The quantitative estimate of drug-likeness (QED) is 0.470. The van der Waals surface area contributed by atoms with Crippen LogP contribution in [0.2, 0.25) is 0 Å². The second-order valence-electron chi connectivity index (χ2n) is 3.49. The van der Waals surface area contributed by atoms with E-state index in [1.807, 2.05) is 32.0 Å². The highest BCUT2D eigenvalue weighted by Crippen LogP contribution is 2.14. The first-order valence-corrected chi connectivity index (χ1v) is 5.51. The normalized spacial score (nSPS) is 11.9. The van der Waals surface area contributed by atoms with E-state index >= 15 is 0 Å². The zero-order valence-electron chi connectivity index (χ0n) is 9.69. The van der Waals surface area contributed by atoms with Crippen LogP contribution in [-0.2, 0) is 4.74 Å². The summed E-state index contributed by atoms with van der Waals surface area (Å²) in [6.07, 6.45) is 0.590. The Bertz CT molecular complexity index is 359. The third kappa shape index (κ3) is 2.92. The molecule has 0 saturated carbocycles. The highest BCUT2D eigenvalue weighted by atomic mass is 16.5. The van der Waals surface area contributed by atoms with Gasteiger partial charge >= 0.3 is 0 Å². The van der Waals surface area contributed by atoms with Crippen LogP contribution in [0.5, 0.6) is 0 Å². The largest absolute Gasteiger partial charge is 0.481 e. The topological polar surface area (TPSA) is 50.1 Å². The summed E-state index contributed by atoms with van der Waals surface area (Å²) in [4.78, 5) is 12.1. The third-order valence-electron chi connectivity index (χ3n) is 2.40. The third-order valence-corrected chi connectivity index (χ3v) is 2.40. The lowest BCUT2D eigenvalue weighted by Crippen LogP contribution is -2.25. The van der Waals surface area contributed by atoms with E-state index < -0.39 is 5.92 Å². The van der Waals surface area contributed by atoms with Crippen molar-refractivity contribution in [3.8, 4) is 0 Å². The summed E-state index contributed by atoms with van der Waals surface area (Å²) < 4.78 is 5.10. The first kappa shape index (κ1) is 12.4. The molecule has 3 heteroatoms. The van der Waals surface area contributed by atoms with Crippen LogP contribution < -0.4 is 0 Å². The number of hydrogen-bond acceptors (Lipinski definition) is 3. The SMILES string of the molecule is CCOC(=N)C(CC)C(=O)c1ccccc1. The van der Waals surface area contributed by atoms with Gasteiger partial charge in [-0.2, -0.15) is 0 Å². The minimum Gasteiger partial charge on any atom is -0.481 e. The zero-order chi connectivity index (χ0) is 12.0. The van der Waals surface area contributed by atoms with Crippen molar-refractivity contribution < 1.29 is 9.53 Å². The van der Waals surface area contributed by atoms with E-state index in [2.05, 4.69) is 0 Å². The summed E-state index contributed by atoms with van der Waals surface area (Å²) in [5.41, 5.74) is 0.638. The van der Waals surface area contributed by atoms with Gasteiger partial charge in [-0.15, -0.1) is 0 Å². The van der Waals surface area contributed by atoms with Gasteiger partial charge < -0.3 is 4.74 Å². The molecular weight excluding hydrogens is 202 g/mol. The van der Waals surface area contributed by atoms with Crippen LogP contribution in [0.25, 0.3) is 0 Å². The fourth-order valence-electron chi connectivity index (χ4n) is 1.55. The Labute approximate surface area is 95.9 Å². The molecule has 0 heterocycles. The molecule has 1 rings (SSSR count). The number of benzene rings is 1. The zero-order valence-corrected chi connectivity index (χ0v) is 9.69. The van der Waals surface area contributed by atoms with Gasteiger partial charge in [0.15, 0.2) is 11.7 Å². The number of hydrogen-bond donors (Lipinski definition) is 1. The average molecular weight is 219 g/mol. The van der Waals surface area contributed by atoms with Gasteiger partial charge in [0, 0.05) is 5.56 Å². The molecule has 0 aliphatic heterocycles. The number of ketones is 1. The molecule has 0 aliphatic rings. The summed E-state index contributed by atoms with van der Waals surface area (Å²) >= 11 is 0. The second-order valence-corrected chi connectivity index (χ2v) is 3.49. The van der Waals surface area contributed by atoms with E-state index in [0.29, 0.717) is 18.6 Å². The summed E-state index contributed by atoms with van der Waals surface area (Å²) in [5, 5.41) is 7.68. The molecule has 0 radical (unpaired) electrons. The highest BCUT2D eigenvalue weighted by Gasteiger charge is 2.23. The summed E-state index contributed by atoms with van der Waals surface area (Å²) in [5.74, 6) is -0.428. The molecule has 1 unspecified atom stereocenters. The second kappa shape index (κ2) is 6.05. The van der Waals surface area contributed by atoms with Gasteiger partial charge in [-0.05, 0) is 13.3 Å². The number of Topliss-reactive ketones (excluding diaryl/α,β-unsaturated/α-hetero) is 1. The molecular formula is C13H17NO2. The maximum Gasteiger partial charge on any atom is 0.191 e. The van der Waals surface area contributed by atoms with E-state index in [1.54, 1.807) is 12.1 Å². The van der Waals surface area contributed by atoms with E-state index in [9.17, 15) is 4.79 Å². The Morgan fingerprint density at radius 3 is 2.44 bits per heavy atom. The molecule has 0 amide bonds. The molecule has 3 nitrogen and oxygen atoms in total. The van der Waals surface area contributed by atoms with Crippen molar-refractivity contribution in [2.45, 2.75) is 20.3 Å². The number of nitrogens with one attached hydrogen (secondary N) is 1. The predicted molar refractivity (Wildman–Crippen MR) is 63.9 cm³/mol. The van der Waals surface area contributed by atoms with Crippen LogP contribution in [0.1, 0.15) is 30.6 Å². The Kier molecular flexibility index (Phi) is 4.70. The molecule has 1 N–H and O–H groups in total. The van der Waals surface area contributed by atoms with Gasteiger partial charge in [0.05, 0.1) is 12.5 Å². The minimum atomic E-state index is -0.456. The van der Waals surface area contributed by atoms with Crippen molar-refractivity contribution in [2.75, 3.05) is 6.61 Å². The molecule has 1 atom stereocenters. The first-order valence-electron chi connectivity index (χ1n) is 5.51. The van der Waals surface area contributed by atoms with Crippen molar-refractivity contribution in [3.63, 3.8) is 0 Å². The van der Waals surface area contributed by atoms with Crippen molar-refractivity contribution >= 4 is 11.7 Å². The fourth-order valence-corrected chi connectivity index (χ4v) is 1.55. The van der Waals surface area contributed by atoms with Crippen LogP contribution >= 0.6 is 0 Å². The van der Waals surface area contributed by atoms with Gasteiger partial charge in [0.1, 0.15) is 0 Å². The molecule has 0 fully saturated rings. The van der Waals surface area contributed by atoms with Crippen LogP contribution in [0.4, 0.5) is 0 Å². The summed E-state index contributed by atoms with van der Waals surface area (Å²) in [7, 11) is 0. The van der Waals surface area contributed by atoms with Gasteiger partial charge in [0.25, 0.3) is 0 Å². The lowest BCUT2D eigenvalue weighted by atomic mass is 9.95. The van der Waals surface area contributed by atoms with Crippen LogP contribution in [0, 0.1) is 11.3 Å². The van der Waals surface area contributed by atoms with E-state index in [-0.39, 0.29) is 11.7 Å². The maximum absolute atomic E-state index is 12.1. The van der Waals surface area contributed by atoms with Crippen molar-refractivity contribution in [3.05, 3.63) is 35.9 Å². The van der Waals surface area contributed by atoms with Crippen molar-refractivity contribution in [1.82, 2.24) is 0 Å². The Balaban J connectivity index is 2.82. The van der Waals surface area contributed by atoms with Gasteiger partial charge in [-0.25, -0.2) is 0 Å². The number of carbonyl (C=O) groups is 1. The molecule has 0 spiro atoms. The minimum absolute atomic E-state index is 0.0402. The molecule has 0 aliphatic carbocycles. The molecule has 1 aromatic carbocycles. The van der Waals surface area contributed by atoms with Gasteiger partial charge in [-0.1, -0.05) is 37.3 Å². The maximum atomic E-state index is 12.1.